The molecule has 0 aliphatic carbocycles. The maximum absolute atomic E-state index is 12.6. The van der Waals surface area contributed by atoms with Gasteiger partial charge in [0.15, 0.2) is 0 Å². The highest BCUT2D eigenvalue weighted by Gasteiger charge is 2.24. The van der Waals surface area contributed by atoms with Crippen LogP contribution in [0.15, 0.2) is 30.3 Å². The van der Waals surface area contributed by atoms with E-state index in [0.29, 0.717) is 38.0 Å². The van der Waals surface area contributed by atoms with Crippen LogP contribution in [0.3, 0.4) is 0 Å². The van der Waals surface area contributed by atoms with Gasteiger partial charge in [-0.05, 0) is 57.6 Å². The van der Waals surface area contributed by atoms with E-state index < -0.39 is 29.7 Å². The lowest BCUT2D eigenvalue weighted by atomic mass is 10.1. The van der Waals surface area contributed by atoms with Gasteiger partial charge in [-0.1, -0.05) is 30.3 Å². The Kier molecular flexibility index (Phi) is 13.9. The van der Waals surface area contributed by atoms with E-state index in [4.69, 9.17) is 9.47 Å². The number of thioether (sulfide) groups is 1. The Balaban J connectivity index is 2.44. The van der Waals surface area contributed by atoms with Gasteiger partial charge in [0.25, 0.3) is 0 Å². The van der Waals surface area contributed by atoms with Gasteiger partial charge in [-0.3, -0.25) is 9.59 Å². The molecule has 0 unspecified atom stereocenters. The first-order valence-corrected chi connectivity index (χ1v) is 13.1. The summed E-state index contributed by atoms with van der Waals surface area (Å²) in [7, 11) is 1.29. The molecule has 0 saturated heterocycles. The fourth-order valence-electron chi connectivity index (χ4n) is 3.15. The third-order valence-electron chi connectivity index (χ3n) is 4.85. The standard InChI is InChI=1S/C25H39N3O6S/c1-25(2,3)34-24(32)28-19(14-16-35-5)22(30)26-15-10-9-13-21(29)27-20(23(31)33-4)17-18-11-7-6-8-12-18/h6-8,11-12,19-20H,9-10,13-17H2,1-5H3,(H,26,30)(H,27,29)(H,28,32)/t19-,20-/m0/s1. The summed E-state index contributed by atoms with van der Waals surface area (Å²) in [5, 5.41) is 8.17. The number of ether oxygens (including phenoxy) is 2. The first kappa shape index (κ1) is 30.3. The van der Waals surface area contributed by atoms with Crippen molar-refractivity contribution in [1.29, 1.82) is 0 Å². The van der Waals surface area contributed by atoms with Crippen LogP contribution in [0, 0.1) is 0 Å². The van der Waals surface area contributed by atoms with E-state index >= 15 is 0 Å². The van der Waals surface area contributed by atoms with Crippen LogP contribution >= 0.6 is 11.8 Å². The third kappa shape index (κ3) is 13.7. The zero-order chi connectivity index (χ0) is 26.3. The summed E-state index contributed by atoms with van der Waals surface area (Å²) in [6.07, 6.45) is 3.43. The second-order valence-electron chi connectivity index (χ2n) is 9.06. The highest BCUT2D eigenvalue weighted by molar-refractivity contribution is 7.98. The van der Waals surface area contributed by atoms with E-state index in [9.17, 15) is 19.2 Å². The number of methoxy groups -OCH3 is 1. The van der Waals surface area contributed by atoms with Gasteiger partial charge in [0.1, 0.15) is 17.7 Å². The van der Waals surface area contributed by atoms with E-state index in [1.54, 1.807) is 32.5 Å². The normalized spacial score (nSPS) is 12.7. The lowest BCUT2D eigenvalue weighted by Gasteiger charge is -2.23. The molecule has 1 aromatic rings. The summed E-state index contributed by atoms with van der Waals surface area (Å²) in [5.41, 5.74) is 0.265. The largest absolute Gasteiger partial charge is 0.467 e. The zero-order valence-electron chi connectivity index (χ0n) is 21.3. The number of esters is 1. The molecule has 0 aliphatic rings. The molecular formula is C25H39N3O6S. The molecule has 3 amide bonds. The fourth-order valence-corrected chi connectivity index (χ4v) is 3.62. The number of carbonyl (C=O) groups excluding carboxylic acids is 4. The Labute approximate surface area is 212 Å². The van der Waals surface area contributed by atoms with Crippen LogP contribution in [0.1, 0.15) is 52.0 Å². The number of alkyl carbamates (subject to hydrolysis) is 1. The van der Waals surface area contributed by atoms with Crippen molar-refractivity contribution in [2.75, 3.05) is 25.7 Å². The SMILES string of the molecule is COC(=O)[C@H](Cc1ccccc1)NC(=O)CCCCNC(=O)[C@H](CCSC)NC(=O)OC(C)(C)C. The van der Waals surface area contributed by atoms with Crippen LogP contribution in [0.5, 0.6) is 0 Å². The Hall–Kier alpha value is -2.75. The minimum atomic E-state index is -0.759. The Morgan fingerprint density at radius 2 is 1.69 bits per heavy atom. The third-order valence-corrected chi connectivity index (χ3v) is 5.50. The van der Waals surface area contributed by atoms with Crippen molar-refractivity contribution in [3.8, 4) is 0 Å². The molecule has 0 saturated carbocycles. The van der Waals surface area contributed by atoms with Gasteiger partial charge in [0, 0.05) is 19.4 Å². The average Bonchev–Trinajstić information content (AvgIpc) is 2.79. The van der Waals surface area contributed by atoms with Gasteiger partial charge in [-0.15, -0.1) is 0 Å². The summed E-state index contributed by atoms with van der Waals surface area (Å²) < 4.78 is 10.1. The van der Waals surface area contributed by atoms with Gasteiger partial charge in [-0.25, -0.2) is 9.59 Å². The number of rotatable bonds is 14. The number of hydrogen-bond acceptors (Lipinski definition) is 7. The molecule has 0 aliphatic heterocycles. The van der Waals surface area contributed by atoms with Crippen LogP contribution in [-0.4, -0.2) is 67.2 Å². The van der Waals surface area contributed by atoms with Crippen molar-refractivity contribution in [1.82, 2.24) is 16.0 Å². The van der Waals surface area contributed by atoms with Crippen LogP contribution in [0.4, 0.5) is 4.79 Å². The number of hydrogen-bond donors (Lipinski definition) is 3. The van der Waals surface area contributed by atoms with Crippen molar-refractivity contribution in [2.24, 2.45) is 0 Å². The maximum atomic E-state index is 12.6. The van der Waals surface area contributed by atoms with Gasteiger partial charge in [0.2, 0.25) is 11.8 Å². The van der Waals surface area contributed by atoms with Crippen molar-refractivity contribution in [3.05, 3.63) is 35.9 Å². The molecule has 0 radical (unpaired) electrons. The molecule has 0 heterocycles. The molecule has 0 aromatic heterocycles. The second kappa shape index (κ2) is 16.0. The first-order valence-electron chi connectivity index (χ1n) is 11.7. The molecule has 3 N–H and O–H groups in total. The molecule has 0 bridgehead atoms. The number of carbonyl (C=O) groups is 4. The summed E-state index contributed by atoms with van der Waals surface area (Å²) in [6.45, 7) is 5.64. The van der Waals surface area contributed by atoms with Crippen LogP contribution in [-0.2, 0) is 30.3 Å². The second-order valence-corrected chi connectivity index (χ2v) is 10.0. The van der Waals surface area contributed by atoms with Crippen molar-refractivity contribution < 1.29 is 28.7 Å². The Bertz CT molecular complexity index is 813. The highest BCUT2D eigenvalue weighted by Crippen LogP contribution is 2.09. The van der Waals surface area contributed by atoms with Crippen molar-refractivity contribution >= 4 is 35.6 Å². The molecule has 196 valence electrons. The number of nitrogens with one attached hydrogen (secondary N) is 3. The quantitative estimate of drug-likeness (QED) is 0.260. The monoisotopic (exact) mass is 509 g/mol. The van der Waals surface area contributed by atoms with Gasteiger partial charge >= 0.3 is 12.1 Å². The predicted molar refractivity (Wildman–Crippen MR) is 137 cm³/mol. The van der Waals surface area contributed by atoms with E-state index in [1.165, 1.54) is 7.11 Å². The summed E-state index contributed by atoms with van der Waals surface area (Å²) >= 11 is 1.58. The molecule has 0 spiro atoms. The molecule has 2 atom stereocenters. The molecule has 0 fully saturated rings. The van der Waals surface area contributed by atoms with Crippen LogP contribution in [0.25, 0.3) is 0 Å². The summed E-state index contributed by atoms with van der Waals surface area (Å²) in [4.78, 5) is 49.0. The minimum absolute atomic E-state index is 0.213. The maximum Gasteiger partial charge on any atom is 0.408 e. The van der Waals surface area contributed by atoms with Gasteiger partial charge < -0.3 is 25.4 Å². The lowest BCUT2D eigenvalue weighted by molar-refractivity contribution is -0.145. The summed E-state index contributed by atoms with van der Waals surface area (Å²) in [5.74, 6) is -0.336. The van der Waals surface area contributed by atoms with Gasteiger partial charge in [0.05, 0.1) is 7.11 Å². The lowest BCUT2D eigenvalue weighted by Crippen LogP contribution is -2.48. The van der Waals surface area contributed by atoms with Crippen LogP contribution in [0.2, 0.25) is 0 Å². The highest BCUT2D eigenvalue weighted by atomic mass is 32.2. The number of benzene rings is 1. The van der Waals surface area contributed by atoms with E-state index in [0.717, 1.165) is 5.56 Å². The Morgan fingerprint density at radius 3 is 2.29 bits per heavy atom. The zero-order valence-corrected chi connectivity index (χ0v) is 22.2. The average molecular weight is 510 g/mol. The Morgan fingerprint density at radius 1 is 1.00 bits per heavy atom. The fraction of sp³-hybridized carbons (Fsp3) is 0.600. The molecule has 35 heavy (non-hydrogen) atoms. The first-order chi connectivity index (χ1) is 16.6. The summed E-state index contributed by atoms with van der Waals surface area (Å²) in [6, 6.07) is 7.93. The van der Waals surface area contributed by atoms with Crippen molar-refractivity contribution in [2.45, 2.75) is 70.6 Å². The van der Waals surface area contributed by atoms with E-state index in [1.807, 2.05) is 36.6 Å². The van der Waals surface area contributed by atoms with E-state index in [2.05, 4.69) is 16.0 Å². The molecule has 1 aromatic carbocycles. The van der Waals surface area contributed by atoms with Crippen molar-refractivity contribution in [3.63, 3.8) is 0 Å². The number of amides is 3. The molecule has 10 heteroatoms. The topological polar surface area (TPSA) is 123 Å². The number of unbranched alkanes of at least 4 members (excludes halogenated alkanes) is 1. The van der Waals surface area contributed by atoms with Crippen LogP contribution < -0.4 is 16.0 Å². The van der Waals surface area contributed by atoms with E-state index in [-0.39, 0.29) is 18.2 Å². The minimum Gasteiger partial charge on any atom is -0.467 e. The molecule has 9 nitrogen and oxygen atoms in total. The molecule has 1 rings (SSSR count). The van der Waals surface area contributed by atoms with Gasteiger partial charge in [-0.2, -0.15) is 11.8 Å². The predicted octanol–water partition coefficient (Wildman–Crippen LogP) is 2.82. The molecular weight excluding hydrogens is 470 g/mol. The smallest absolute Gasteiger partial charge is 0.408 e.